The van der Waals surface area contributed by atoms with Crippen molar-refractivity contribution in [3.05, 3.63) is 64.7 Å². The van der Waals surface area contributed by atoms with Gasteiger partial charge in [-0.15, -0.1) is 11.8 Å². The highest BCUT2D eigenvalue weighted by molar-refractivity contribution is 8.00. The van der Waals surface area contributed by atoms with Crippen LogP contribution in [-0.2, 0) is 4.79 Å². The smallest absolute Gasteiger partial charge is 0.238 e. The van der Waals surface area contributed by atoms with Gasteiger partial charge in [-0.2, -0.15) is 0 Å². The SMILES string of the molecule is CCC1c2cc(C)ccc2C2SCC(=O)N2c2ccccc21. The number of rotatable bonds is 1. The lowest BCUT2D eigenvalue weighted by Gasteiger charge is -2.24. The fourth-order valence-corrected chi connectivity index (χ4v) is 4.96. The predicted molar refractivity (Wildman–Crippen MR) is 92.4 cm³/mol. The van der Waals surface area contributed by atoms with E-state index in [1.54, 1.807) is 11.8 Å². The highest BCUT2D eigenvalue weighted by Crippen LogP contribution is 2.51. The Balaban J connectivity index is 2.03. The third-order valence-electron chi connectivity index (χ3n) is 4.73. The number of nitrogens with zero attached hydrogens (tertiary/aromatic N) is 1. The first-order chi connectivity index (χ1) is 10.7. The number of carbonyl (C=O) groups excluding carboxylic acids is 1. The number of fused-ring (bicyclic) bond motifs is 5. The molecular weight excluding hydrogens is 290 g/mol. The van der Waals surface area contributed by atoms with E-state index in [0.29, 0.717) is 11.7 Å². The van der Waals surface area contributed by atoms with Crippen LogP contribution in [0.15, 0.2) is 42.5 Å². The number of hydrogen-bond donors (Lipinski definition) is 0. The van der Waals surface area contributed by atoms with E-state index in [-0.39, 0.29) is 11.3 Å². The molecule has 2 aromatic carbocycles. The van der Waals surface area contributed by atoms with E-state index in [2.05, 4.69) is 50.2 Å². The van der Waals surface area contributed by atoms with E-state index in [1.807, 2.05) is 11.0 Å². The topological polar surface area (TPSA) is 20.3 Å². The summed E-state index contributed by atoms with van der Waals surface area (Å²) in [5.74, 6) is 1.17. The molecule has 112 valence electrons. The van der Waals surface area contributed by atoms with Crippen molar-refractivity contribution in [1.29, 1.82) is 0 Å². The van der Waals surface area contributed by atoms with Gasteiger partial charge >= 0.3 is 0 Å². The second-order valence-corrected chi connectivity index (χ2v) is 7.15. The minimum absolute atomic E-state index is 0.126. The van der Waals surface area contributed by atoms with E-state index in [4.69, 9.17) is 0 Å². The van der Waals surface area contributed by atoms with E-state index in [9.17, 15) is 4.79 Å². The molecule has 0 spiro atoms. The van der Waals surface area contributed by atoms with E-state index >= 15 is 0 Å². The monoisotopic (exact) mass is 309 g/mol. The molecule has 2 aromatic rings. The molecule has 1 saturated heterocycles. The lowest BCUT2D eigenvalue weighted by molar-refractivity contribution is -0.115. The molecule has 1 fully saturated rings. The molecule has 2 atom stereocenters. The zero-order valence-corrected chi connectivity index (χ0v) is 13.7. The second kappa shape index (κ2) is 5.17. The van der Waals surface area contributed by atoms with Crippen LogP contribution in [0.5, 0.6) is 0 Å². The molecule has 1 amide bonds. The fraction of sp³-hybridized carbons (Fsp3) is 0.316. The molecule has 0 N–H and O–H groups in total. The first-order valence-corrected chi connectivity index (χ1v) is 8.88. The standard InChI is InChI=1S/C19H19NOS/c1-3-13-14-6-4-5-7-17(14)20-18(21)11-22-19(20)15-9-8-12(2)10-16(13)15/h4-10,13,19H,3,11H2,1-2H3. The Hall–Kier alpha value is -1.74. The summed E-state index contributed by atoms with van der Waals surface area (Å²) in [4.78, 5) is 14.5. The van der Waals surface area contributed by atoms with Crippen LogP contribution >= 0.6 is 11.8 Å². The Labute approximate surface area is 135 Å². The quantitative estimate of drug-likeness (QED) is 0.765. The highest BCUT2D eigenvalue weighted by Gasteiger charge is 2.40. The van der Waals surface area contributed by atoms with Crippen LogP contribution in [0.25, 0.3) is 0 Å². The summed E-state index contributed by atoms with van der Waals surface area (Å²) in [6.45, 7) is 4.38. The first kappa shape index (κ1) is 13.9. The summed E-state index contributed by atoms with van der Waals surface area (Å²) in [6.07, 6.45) is 1.05. The lowest BCUT2D eigenvalue weighted by Crippen LogP contribution is -2.27. The van der Waals surface area contributed by atoms with Gasteiger partial charge in [-0.05, 0) is 36.1 Å². The van der Waals surface area contributed by atoms with Gasteiger partial charge in [-0.1, -0.05) is 48.9 Å². The molecule has 0 radical (unpaired) electrons. The summed E-state index contributed by atoms with van der Waals surface area (Å²) < 4.78 is 0. The molecule has 0 aliphatic carbocycles. The molecule has 0 saturated carbocycles. The number of thioether (sulfide) groups is 1. The number of benzene rings is 2. The van der Waals surface area contributed by atoms with Gasteiger partial charge in [0.25, 0.3) is 0 Å². The van der Waals surface area contributed by atoms with Gasteiger partial charge in [0.2, 0.25) is 5.91 Å². The molecule has 2 nitrogen and oxygen atoms in total. The van der Waals surface area contributed by atoms with Crippen molar-refractivity contribution in [1.82, 2.24) is 0 Å². The number of anilines is 1. The maximum absolute atomic E-state index is 12.5. The van der Waals surface area contributed by atoms with E-state index in [0.717, 1.165) is 12.1 Å². The summed E-state index contributed by atoms with van der Waals surface area (Å²) >= 11 is 1.75. The molecule has 2 unspecified atom stereocenters. The number of hydrogen-bond acceptors (Lipinski definition) is 2. The van der Waals surface area contributed by atoms with Crippen molar-refractivity contribution < 1.29 is 4.79 Å². The van der Waals surface area contributed by atoms with Gasteiger partial charge in [0.1, 0.15) is 5.37 Å². The van der Waals surface area contributed by atoms with Crippen molar-refractivity contribution in [2.45, 2.75) is 31.6 Å². The third kappa shape index (κ3) is 1.92. The van der Waals surface area contributed by atoms with Gasteiger partial charge < -0.3 is 0 Å². The predicted octanol–water partition coefficient (Wildman–Crippen LogP) is 4.63. The Morgan fingerprint density at radius 1 is 1.14 bits per heavy atom. The molecule has 22 heavy (non-hydrogen) atoms. The molecule has 2 aliphatic heterocycles. The van der Waals surface area contributed by atoms with Crippen LogP contribution < -0.4 is 4.90 Å². The van der Waals surface area contributed by atoms with Crippen LogP contribution in [0.3, 0.4) is 0 Å². The highest BCUT2D eigenvalue weighted by atomic mass is 32.2. The molecule has 0 aromatic heterocycles. The number of para-hydroxylation sites is 1. The second-order valence-electron chi connectivity index (χ2n) is 6.08. The Morgan fingerprint density at radius 3 is 2.77 bits per heavy atom. The van der Waals surface area contributed by atoms with E-state index in [1.165, 1.54) is 22.3 Å². The Kier molecular flexibility index (Phi) is 3.26. The average Bonchev–Trinajstić information content (AvgIpc) is 2.85. The van der Waals surface area contributed by atoms with Gasteiger partial charge in [-0.3, -0.25) is 9.69 Å². The summed E-state index contributed by atoms with van der Waals surface area (Å²) in [7, 11) is 0. The number of amides is 1. The van der Waals surface area contributed by atoms with Crippen molar-refractivity contribution >= 4 is 23.4 Å². The van der Waals surface area contributed by atoms with Crippen LogP contribution in [0, 0.1) is 6.92 Å². The van der Waals surface area contributed by atoms with Gasteiger partial charge in [0, 0.05) is 11.6 Å². The maximum atomic E-state index is 12.5. The minimum atomic E-state index is 0.126. The molecule has 4 rings (SSSR count). The molecule has 3 heteroatoms. The van der Waals surface area contributed by atoms with E-state index < -0.39 is 0 Å². The first-order valence-electron chi connectivity index (χ1n) is 7.83. The fourth-order valence-electron chi connectivity index (χ4n) is 3.74. The zero-order valence-electron chi connectivity index (χ0n) is 12.9. The van der Waals surface area contributed by atoms with Gasteiger partial charge in [0.05, 0.1) is 5.75 Å². The third-order valence-corrected chi connectivity index (χ3v) is 5.93. The molecule has 0 bridgehead atoms. The summed E-state index contributed by atoms with van der Waals surface area (Å²) in [5, 5.41) is 0.126. The lowest BCUT2D eigenvalue weighted by atomic mass is 9.86. The van der Waals surface area contributed by atoms with Gasteiger partial charge in [0.15, 0.2) is 0 Å². The normalized spacial score (nSPS) is 22.8. The summed E-state index contributed by atoms with van der Waals surface area (Å²) in [5.41, 5.74) is 6.38. The summed E-state index contributed by atoms with van der Waals surface area (Å²) in [6, 6.07) is 15.1. The van der Waals surface area contributed by atoms with Crippen molar-refractivity contribution in [3.8, 4) is 0 Å². The van der Waals surface area contributed by atoms with Gasteiger partial charge in [-0.25, -0.2) is 0 Å². The number of aryl methyl sites for hydroxylation is 1. The Morgan fingerprint density at radius 2 is 1.95 bits per heavy atom. The van der Waals surface area contributed by atoms with Crippen molar-refractivity contribution in [2.24, 2.45) is 0 Å². The van der Waals surface area contributed by atoms with Crippen molar-refractivity contribution in [3.63, 3.8) is 0 Å². The minimum Gasteiger partial charge on any atom is -0.295 e. The number of carbonyl (C=O) groups is 1. The molecule has 2 aliphatic rings. The molecule has 2 heterocycles. The zero-order chi connectivity index (χ0) is 15.3. The molecular formula is C19H19NOS. The largest absolute Gasteiger partial charge is 0.295 e. The van der Waals surface area contributed by atoms with Crippen LogP contribution in [0.2, 0.25) is 0 Å². The average molecular weight is 309 g/mol. The van der Waals surface area contributed by atoms with Crippen LogP contribution in [-0.4, -0.2) is 11.7 Å². The van der Waals surface area contributed by atoms with Crippen LogP contribution in [0.1, 0.15) is 46.9 Å². The van der Waals surface area contributed by atoms with Crippen molar-refractivity contribution in [2.75, 3.05) is 10.7 Å². The Bertz CT molecular complexity index is 755. The van der Waals surface area contributed by atoms with Crippen LogP contribution in [0.4, 0.5) is 5.69 Å². The maximum Gasteiger partial charge on any atom is 0.238 e.